The summed E-state index contributed by atoms with van der Waals surface area (Å²) in [5.74, 6) is -2.14. The van der Waals surface area contributed by atoms with Gasteiger partial charge in [0.2, 0.25) is 0 Å². The Hall–Kier alpha value is -1.87. The highest BCUT2D eigenvalue weighted by atomic mass is 35.5. The van der Waals surface area contributed by atoms with Gasteiger partial charge in [-0.15, -0.1) is 0 Å². The molecule has 2 rings (SSSR count). The summed E-state index contributed by atoms with van der Waals surface area (Å²) in [6.07, 6.45) is 0. The third-order valence-electron chi connectivity index (χ3n) is 3.02. The number of hydrogen-bond donors (Lipinski definition) is 1. The Morgan fingerprint density at radius 3 is 2.37 bits per heavy atom. The predicted molar refractivity (Wildman–Crippen MR) is 72.9 cm³/mol. The maximum Gasteiger partial charge on any atom is 0.310 e. The van der Waals surface area contributed by atoms with E-state index in [9.17, 15) is 9.18 Å². The average Bonchev–Trinajstić information content (AvgIpc) is 2.39. The SMILES string of the molecule is C[C@H](C(=O)O)c1ccc(-c2ccc(Cl)cc2)c(F)c1. The summed E-state index contributed by atoms with van der Waals surface area (Å²) in [4.78, 5) is 10.9. The molecule has 19 heavy (non-hydrogen) atoms. The van der Waals surface area contributed by atoms with Gasteiger partial charge in [0, 0.05) is 10.6 Å². The minimum atomic E-state index is -0.973. The van der Waals surface area contributed by atoms with Crippen LogP contribution in [0.15, 0.2) is 42.5 Å². The van der Waals surface area contributed by atoms with E-state index in [1.54, 1.807) is 36.4 Å². The fourth-order valence-electron chi connectivity index (χ4n) is 1.81. The molecule has 0 saturated carbocycles. The van der Waals surface area contributed by atoms with Crippen LogP contribution in [0.1, 0.15) is 18.4 Å². The third kappa shape index (κ3) is 2.93. The lowest BCUT2D eigenvalue weighted by Gasteiger charge is -2.09. The Kier molecular flexibility index (Phi) is 3.86. The molecule has 1 atom stereocenters. The number of rotatable bonds is 3. The second kappa shape index (κ2) is 5.41. The molecule has 1 N–H and O–H groups in total. The lowest BCUT2D eigenvalue weighted by molar-refractivity contribution is -0.138. The summed E-state index contributed by atoms with van der Waals surface area (Å²) in [6.45, 7) is 1.53. The van der Waals surface area contributed by atoms with Crippen molar-refractivity contribution in [3.63, 3.8) is 0 Å². The van der Waals surface area contributed by atoms with Gasteiger partial charge in [0.1, 0.15) is 5.82 Å². The van der Waals surface area contributed by atoms with Crippen molar-refractivity contribution in [1.82, 2.24) is 0 Å². The molecule has 0 fully saturated rings. The molecule has 0 unspecified atom stereocenters. The monoisotopic (exact) mass is 278 g/mol. The molecule has 2 aromatic carbocycles. The Morgan fingerprint density at radius 2 is 1.84 bits per heavy atom. The summed E-state index contributed by atoms with van der Waals surface area (Å²) in [7, 11) is 0. The molecule has 0 aliphatic heterocycles. The van der Waals surface area contributed by atoms with Gasteiger partial charge in [0.25, 0.3) is 0 Å². The van der Waals surface area contributed by atoms with E-state index in [1.165, 1.54) is 13.0 Å². The third-order valence-corrected chi connectivity index (χ3v) is 3.27. The van der Waals surface area contributed by atoms with E-state index in [0.29, 0.717) is 21.7 Å². The standard InChI is InChI=1S/C15H12ClFO2/c1-9(15(18)19)11-4-7-13(14(17)8-11)10-2-5-12(16)6-3-10/h2-9H,1H3,(H,18,19)/t9-/m0/s1. The zero-order valence-electron chi connectivity index (χ0n) is 10.2. The highest BCUT2D eigenvalue weighted by Crippen LogP contribution is 2.27. The number of carbonyl (C=O) groups is 1. The molecule has 0 radical (unpaired) electrons. The number of carboxylic acid groups (broad SMARTS) is 1. The van der Waals surface area contributed by atoms with Crippen molar-refractivity contribution < 1.29 is 14.3 Å². The molecule has 0 amide bonds. The van der Waals surface area contributed by atoms with E-state index in [-0.39, 0.29) is 0 Å². The largest absolute Gasteiger partial charge is 0.481 e. The first-order valence-corrected chi connectivity index (χ1v) is 6.15. The molecule has 0 heterocycles. The second-order valence-electron chi connectivity index (χ2n) is 4.31. The number of aliphatic carboxylic acids is 1. The molecule has 0 aromatic heterocycles. The van der Waals surface area contributed by atoms with Crippen LogP contribution in [0.3, 0.4) is 0 Å². The van der Waals surface area contributed by atoms with Crippen LogP contribution in [0.5, 0.6) is 0 Å². The summed E-state index contributed by atoms with van der Waals surface area (Å²) < 4.78 is 14.0. The maximum absolute atomic E-state index is 14.0. The first-order valence-electron chi connectivity index (χ1n) is 5.77. The minimum absolute atomic E-state index is 0.429. The molecule has 0 aliphatic carbocycles. The molecule has 2 nitrogen and oxygen atoms in total. The molecule has 4 heteroatoms. The van der Waals surface area contributed by atoms with Crippen LogP contribution >= 0.6 is 11.6 Å². The van der Waals surface area contributed by atoms with E-state index in [2.05, 4.69) is 0 Å². The summed E-state index contributed by atoms with van der Waals surface area (Å²) in [6, 6.07) is 11.3. The van der Waals surface area contributed by atoms with Gasteiger partial charge in [0.05, 0.1) is 5.92 Å². The van der Waals surface area contributed by atoms with Crippen molar-refractivity contribution >= 4 is 17.6 Å². The summed E-state index contributed by atoms with van der Waals surface area (Å²) >= 11 is 5.78. The fraction of sp³-hybridized carbons (Fsp3) is 0.133. The second-order valence-corrected chi connectivity index (χ2v) is 4.74. The van der Waals surface area contributed by atoms with Gasteiger partial charge in [-0.05, 0) is 36.2 Å². The molecular formula is C15H12ClFO2. The first-order chi connectivity index (χ1) is 8.99. The highest BCUT2D eigenvalue weighted by molar-refractivity contribution is 6.30. The molecule has 2 aromatic rings. The molecule has 0 spiro atoms. The smallest absolute Gasteiger partial charge is 0.310 e. The van der Waals surface area contributed by atoms with Crippen LogP contribution in [-0.2, 0) is 4.79 Å². The fourth-order valence-corrected chi connectivity index (χ4v) is 1.93. The van der Waals surface area contributed by atoms with Gasteiger partial charge >= 0.3 is 5.97 Å². The lowest BCUT2D eigenvalue weighted by atomic mass is 9.97. The molecule has 0 saturated heterocycles. The van der Waals surface area contributed by atoms with Crippen molar-refractivity contribution in [1.29, 1.82) is 0 Å². The van der Waals surface area contributed by atoms with Crippen LogP contribution in [0.4, 0.5) is 4.39 Å². The van der Waals surface area contributed by atoms with E-state index in [1.807, 2.05) is 0 Å². The van der Waals surface area contributed by atoms with Crippen molar-refractivity contribution in [2.75, 3.05) is 0 Å². The topological polar surface area (TPSA) is 37.3 Å². The van der Waals surface area contributed by atoms with Gasteiger partial charge in [0.15, 0.2) is 0 Å². The normalized spacial score (nSPS) is 12.2. The van der Waals surface area contributed by atoms with Crippen LogP contribution in [0.25, 0.3) is 11.1 Å². The number of halogens is 2. The number of hydrogen-bond acceptors (Lipinski definition) is 1. The predicted octanol–water partition coefficient (Wildman–Crippen LogP) is 4.33. The van der Waals surface area contributed by atoms with E-state index in [4.69, 9.17) is 16.7 Å². The Labute approximate surface area is 115 Å². The van der Waals surface area contributed by atoms with Gasteiger partial charge in [-0.2, -0.15) is 0 Å². The van der Waals surface area contributed by atoms with Crippen molar-refractivity contribution in [2.24, 2.45) is 0 Å². The Morgan fingerprint density at radius 1 is 1.21 bits per heavy atom. The van der Waals surface area contributed by atoms with Crippen LogP contribution < -0.4 is 0 Å². The summed E-state index contributed by atoms with van der Waals surface area (Å²) in [5, 5.41) is 9.49. The van der Waals surface area contributed by atoms with Crippen molar-refractivity contribution in [3.05, 3.63) is 58.9 Å². The minimum Gasteiger partial charge on any atom is -0.481 e. The zero-order chi connectivity index (χ0) is 14.0. The van der Waals surface area contributed by atoms with Gasteiger partial charge < -0.3 is 5.11 Å². The zero-order valence-corrected chi connectivity index (χ0v) is 11.0. The van der Waals surface area contributed by atoms with E-state index < -0.39 is 17.7 Å². The quantitative estimate of drug-likeness (QED) is 0.907. The van der Waals surface area contributed by atoms with Gasteiger partial charge in [-0.25, -0.2) is 4.39 Å². The van der Waals surface area contributed by atoms with Crippen LogP contribution in [-0.4, -0.2) is 11.1 Å². The summed E-state index contributed by atoms with van der Waals surface area (Å²) in [5.41, 5.74) is 1.58. The van der Waals surface area contributed by atoms with Gasteiger partial charge in [-0.1, -0.05) is 35.9 Å². The first kappa shape index (κ1) is 13.6. The number of benzene rings is 2. The maximum atomic E-state index is 14.0. The Balaban J connectivity index is 2.39. The van der Waals surface area contributed by atoms with Crippen molar-refractivity contribution in [2.45, 2.75) is 12.8 Å². The molecule has 0 aliphatic rings. The molecule has 98 valence electrons. The number of carboxylic acids is 1. The van der Waals surface area contributed by atoms with Gasteiger partial charge in [-0.3, -0.25) is 4.79 Å². The van der Waals surface area contributed by atoms with Crippen molar-refractivity contribution in [3.8, 4) is 11.1 Å². The molecular weight excluding hydrogens is 267 g/mol. The van der Waals surface area contributed by atoms with E-state index in [0.717, 1.165) is 0 Å². The highest BCUT2D eigenvalue weighted by Gasteiger charge is 2.15. The Bertz CT molecular complexity index is 608. The molecule has 0 bridgehead atoms. The van der Waals surface area contributed by atoms with E-state index >= 15 is 0 Å². The van der Waals surface area contributed by atoms with Crippen LogP contribution in [0, 0.1) is 5.82 Å². The average molecular weight is 279 g/mol. The lowest BCUT2D eigenvalue weighted by Crippen LogP contribution is -2.07. The van der Waals surface area contributed by atoms with Crippen LogP contribution in [0.2, 0.25) is 5.02 Å².